The number of benzene rings is 2. The van der Waals surface area contributed by atoms with E-state index in [0.29, 0.717) is 24.1 Å². The fourth-order valence-electron chi connectivity index (χ4n) is 3.27. The normalized spacial score (nSPS) is 17.7. The Morgan fingerprint density at radius 1 is 1.13 bits per heavy atom. The van der Waals surface area contributed by atoms with Gasteiger partial charge in [-0.2, -0.15) is 0 Å². The average molecular weight is 426 g/mol. The summed E-state index contributed by atoms with van der Waals surface area (Å²) in [6, 6.07) is 17.3. The molecule has 2 aromatic carbocycles. The van der Waals surface area contributed by atoms with Crippen LogP contribution in [-0.4, -0.2) is 53.4 Å². The minimum Gasteiger partial charge on any atom is -0.497 e. The SMILES string of the molecule is COCCNC(=O)C1Sc2nnc(-c3ccccc3)n2NC1c1ccc(OC)cc1. The van der Waals surface area contributed by atoms with Crippen molar-refractivity contribution >= 4 is 17.7 Å². The van der Waals surface area contributed by atoms with E-state index >= 15 is 0 Å². The molecule has 4 rings (SSSR count). The standard InChI is InChI=1S/C21H23N5O3S/c1-28-13-12-22-20(27)18-17(14-8-10-16(29-2)11-9-14)25-26-19(23-24-21(26)30-18)15-6-4-3-5-7-15/h3-11,17-18,25H,12-13H2,1-2H3,(H,22,27). The summed E-state index contributed by atoms with van der Waals surface area (Å²) in [5.74, 6) is 1.38. The molecule has 0 spiro atoms. The molecule has 0 aliphatic carbocycles. The molecule has 1 aliphatic heterocycles. The number of hydrogen-bond acceptors (Lipinski definition) is 7. The van der Waals surface area contributed by atoms with Gasteiger partial charge in [0.2, 0.25) is 11.1 Å². The minimum atomic E-state index is -0.421. The fourth-order valence-corrected chi connectivity index (χ4v) is 4.37. The zero-order valence-electron chi connectivity index (χ0n) is 16.7. The lowest BCUT2D eigenvalue weighted by Crippen LogP contribution is -2.44. The van der Waals surface area contributed by atoms with E-state index in [-0.39, 0.29) is 11.9 Å². The van der Waals surface area contributed by atoms with Crippen LogP contribution in [0.1, 0.15) is 11.6 Å². The Labute approximate surface area is 179 Å². The summed E-state index contributed by atoms with van der Waals surface area (Å²) >= 11 is 1.39. The van der Waals surface area contributed by atoms with Crippen molar-refractivity contribution in [3.8, 4) is 17.1 Å². The van der Waals surface area contributed by atoms with Crippen LogP contribution in [0.3, 0.4) is 0 Å². The Bertz CT molecular complexity index is 994. The highest BCUT2D eigenvalue weighted by Gasteiger charge is 2.37. The molecule has 1 aromatic heterocycles. The summed E-state index contributed by atoms with van der Waals surface area (Å²) < 4.78 is 12.2. The summed E-state index contributed by atoms with van der Waals surface area (Å²) in [6.07, 6.45) is 0. The van der Waals surface area contributed by atoms with Gasteiger partial charge >= 0.3 is 0 Å². The van der Waals surface area contributed by atoms with Crippen LogP contribution in [0.4, 0.5) is 0 Å². The number of hydrogen-bond donors (Lipinski definition) is 2. The maximum Gasteiger partial charge on any atom is 0.236 e. The summed E-state index contributed by atoms with van der Waals surface area (Å²) in [5.41, 5.74) is 5.37. The van der Waals surface area contributed by atoms with Crippen molar-refractivity contribution < 1.29 is 14.3 Å². The van der Waals surface area contributed by atoms with Crippen LogP contribution in [0.2, 0.25) is 0 Å². The second kappa shape index (κ2) is 9.19. The summed E-state index contributed by atoms with van der Waals surface area (Å²) in [4.78, 5) is 13.0. The number of carbonyl (C=O) groups excluding carboxylic acids is 1. The Balaban J connectivity index is 1.67. The van der Waals surface area contributed by atoms with Crippen LogP contribution in [0.25, 0.3) is 11.4 Å². The molecule has 2 heterocycles. The molecule has 2 N–H and O–H groups in total. The van der Waals surface area contributed by atoms with Crippen molar-refractivity contribution in [2.45, 2.75) is 16.4 Å². The highest BCUT2D eigenvalue weighted by Crippen LogP contribution is 2.38. The second-order valence-corrected chi connectivity index (χ2v) is 7.82. The molecule has 30 heavy (non-hydrogen) atoms. The van der Waals surface area contributed by atoms with Gasteiger partial charge in [-0.25, -0.2) is 4.68 Å². The smallest absolute Gasteiger partial charge is 0.236 e. The Morgan fingerprint density at radius 2 is 1.90 bits per heavy atom. The number of fused-ring (bicyclic) bond motifs is 1. The molecule has 2 unspecified atom stereocenters. The molecule has 8 nitrogen and oxygen atoms in total. The van der Waals surface area contributed by atoms with E-state index in [0.717, 1.165) is 16.9 Å². The average Bonchev–Trinajstić information content (AvgIpc) is 3.22. The van der Waals surface area contributed by atoms with Gasteiger partial charge in [0.15, 0.2) is 5.82 Å². The van der Waals surface area contributed by atoms with E-state index in [1.807, 2.05) is 59.3 Å². The lowest BCUT2D eigenvalue weighted by Gasteiger charge is -2.33. The minimum absolute atomic E-state index is 0.0825. The number of nitrogens with zero attached hydrogens (tertiary/aromatic N) is 3. The largest absolute Gasteiger partial charge is 0.497 e. The molecular formula is C21H23N5O3S. The van der Waals surface area contributed by atoms with Gasteiger partial charge in [0.25, 0.3) is 0 Å². The monoisotopic (exact) mass is 425 g/mol. The molecule has 0 saturated carbocycles. The molecule has 0 fully saturated rings. The topological polar surface area (TPSA) is 90.3 Å². The lowest BCUT2D eigenvalue weighted by atomic mass is 10.0. The van der Waals surface area contributed by atoms with Gasteiger partial charge in [-0.3, -0.25) is 4.79 Å². The van der Waals surface area contributed by atoms with Crippen LogP contribution >= 0.6 is 11.8 Å². The van der Waals surface area contributed by atoms with Crippen molar-refractivity contribution in [3.63, 3.8) is 0 Å². The Hall–Kier alpha value is -3.04. The van der Waals surface area contributed by atoms with E-state index in [4.69, 9.17) is 9.47 Å². The molecule has 2 atom stereocenters. The molecule has 156 valence electrons. The summed E-state index contributed by atoms with van der Waals surface area (Å²) in [7, 11) is 3.24. The number of aromatic nitrogens is 3. The van der Waals surface area contributed by atoms with Gasteiger partial charge < -0.3 is 20.2 Å². The molecule has 3 aromatic rings. The van der Waals surface area contributed by atoms with Gasteiger partial charge in [-0.15, -0.1) is 10.2 Å². The first-order chi connectivity index (χ1) is 14.7. The second-order valence-electron chi connectivity index (χ2n) is 6.71. The highest BCUT2D eigenvalue weighted by molar-refractivity contribution is 8.00. The van der Waals surface area contributed by atoms with Gasteiger partial charge in [-0.05, 0) is 17.7 Å². The molecule has 0 radical (unpaired) electrons. The third-order valence-corrected chi connectivity index (χ3v) is 6.02. The van der Waals surface area contributed by atoms with Gasteiger partial charge in [0.1, 0.15) is 11.0 Å². The molecule has 9 heteroatoms. The first-order valence-electron chi connectivity index (χ1n) is 9.56. The quantitative estimate of drug-likeness (QED) is 0.562. The molecule has 1 amide bonds. The molecular weight excluding hydrogens is 402 g/mol. The van der Waals surface area contributed by atoms with Crippen LogP contribution in [0, 0.1) is 0 Å². The van der Waals surface area contributed by atoms with Crippen molar-refractivity contribution in [2.75, 3.05) is 32.8 Å². The van der Waals surface area contributed by atoms with Crippen LogP contribution in [0.5, 0.6) is 5.75 Å². The van der Waals surface area contributed by atoms with Gasteiger partial charge in [0.05, 0.1) is 19.8 Å². The van der Waals surface area contributed by atoms with Crippen molar-refractivity contribution in [1.82, 2.24) is 20.2 Å². The predicted octanol–water partition coefficient (Wildman–Crippen LogP) is 2.48. The number of amides is 1. The van der Waals surface area contributed by atoms with Crippen LogP contribution < -0.4 is 15.5 Å². The Morgan fingerprint density at radius 3 is 2.60 bits per heavy atom. The van der Waals surface area contributed by atoms with Gasteiger partial charge in [-0.1, -0.05) is 54.2 Å². The number of rotatable bonds is 7. The number of carbonyl (C=O) groups is 1. The number of methoxy groups -OCH3 is 2. The first kappa shape index (κ1) is 20.2. The Kier molecular flexibility index (Phi) is 6.20. The lowest BCUT2D eigenvalue weighted by molar-refractivity contribution is -0.121. The maximum absolute atomic E-state index is 13.0. The zero-order chi connectivity index (χ0) is 20.9. The first-order valence-corrected chi connectivity index (χ1v) is 10.4. The maximum atomic E-state index is 13.0. The van der Waals surface area contributed by atoms with E-state index in [2.05, 4.69) is 20.9 Å². The predicted molar refractivity (Wildman–Crippen MR) is 115 cm³/mol. The number of ether oxygens (including phenoxy) is 2. The fraction of sp³-hybridized carbons (Fsp3) is 0.286. The summed E-state index contributed by atoms with van der Waals surface area (Å²) in [6.45, 7) is 0.905. The molecule has 0 bridgehead atoms. The van der Waals surface area contributed by atoms with Crippen molar-refractivity contribution in [1.29, 1.82) is 0 Å². The van der Waals surface area contributed by atoms with E-state index in [1.54, 1.807) is 14.2 Å². The zero-order valence-corrected chi connectivity index (χ0v) is 17.6. The van der Waals surface area contributed by atoms with E-state index in [9.17, 15) is 4.79 Å². The highest BCUT2D eigenvalue weighted by atomic mass is 32.2. The van der Waals surface area contributed by atoms with Gasteiger partial charge in [0, 0.05) is 19.2 Å². The van der Waals surface area contributed by atoms with Crippen LogP contribution in [-0.2, 0) is 9.53 Å². The number of nitrogens with one attached hydrogen (secondary N) is 2. The van der Waals surface area contributed by atoms with Crippen molar-refractivity contribution in [2.24, 2.45) is 0 Å². The van der Waals surface area contributed by atoms with Crippen LogP contribution in [0.15, 0.2) is 59.8 Å². The number of thioether (sulfide) groups is 1. The van der Waals surface area contributed by atoms with Crippen molar-refractivity contribution in [3.05, 3.63) is 60.2 Å². The molecule has 0 saturated heterocycles. The third-order valence-electron chi connectivity index (χ3n) is 4.81. The third kappa shape index (κ3) is 4.12. The van der Waals surface area contributed by atoms with E-state index < -0.39 is 5.25 Å². The summed E-state index contributed by atoms with van der Waals surface area (Å²) in [5, 5.41) is 11.8. The molecule has 1 aliphatic rings. The van der Waals surface area contributed by atoms with E-state index in [1.165, 1.54) is 11.8 Å².